The van der Waals surface area contributed by atoms with E-state index in [-0.39, 0.29) is 11.8 Å². The molecule has 1 aromatic carbocycles. The van der Waals surface area contributed by atoms with Crippen molar-refractivity contribution in [3.05, 3.63) is 47.3 Å². The number of nitrogens with zero attached hydrogens (tertiary/aromatic N) is 3. The molecule has 0 radical (unpaired) electrons. The first-order chi connectivity index (χ1) is 13.0. The van der Waals surface area contributed by atoms with Crippen molar-refractivity contribution in [1.82, 2.24) is 10.1 Å². The van der Waals surface area contributed by atoms with Gasteiger partial charge in [0.15, 0.2) is 0 Å². The smallest absolute Gasteiger partial charge is 0.259 e. The maximum absolute atomic E-state index is 13.7. The average Bonchev–Trinajstić information content (AvgIpc) is 2.93. The molecule has 27 heavy (non-hydrogen) atoms. The first kappa shape index (κ1) is 18.0. The third kappa shape index (κ3) is 3.23. The van der Waals surface area contributed by atoms with Crippen molar-refractivity contribution in [2.75, 3.05) is 11.4 Å². The fraction of sp³-hybridized carbons (Fsp3) is 0.381. The Kier molecular flexibility index (Phi) is 4.68. The third-order valence-electron chi connectivity index (χ3n) is 4.95. The fourth-order valence-electron chi connectivity index (χ4n) is 3.42. The number of aromatic nitrogens is 2. The van der Waals surface area contributed by atoms with Gasteiger partial charge < -0.3 is 9.42 Å². The van der Waals surface area contributed by atoms with E-state index in [1.807, 2.05) is 47.9 Å². The van der Waals surface area contributed by atoms with Gasteiger partial charge in [0.25, 0.3) is 11.6 Å². The predicted molar refractivity (Wildman–Crippen MR) is 109 cm³/mol. The highest BCUT2D eigenvalue weighted by atomic mass is 32.2. The van der Waals surface area contributed by atoms with Crippen LogP contribution in [0.2, 0.25) is 0 Å². The summed E-state index contributed by atoms with van der Waals surface area (Å²) in [6.45, 7) is 8.88. The van der Waals surface area contributed by atoms with Gasteiger partial charge in [-0.05, 0) is 37.5 Å². The maximum Gasteiger partial charge on any atom is 0.259 e. The van der Waals surface area contributed by atoms with Crippen LogP contribution >= 0.6 is 11.8 Å². The Morgan fingerprint density at radius 1 is 1.33 bits per heavy atom. The molecule has 0 N–H and O–H groups in total. The van der Waals surface area contributed by atoms with Gasteiger partial charge in [0.05, 0.1) is 22.3 Å². The van der Waals surface area contributed by atoms with Gasteiger partial charge in [0.1, 0.15) is 0 Å². The lowest BCUT2D eigenvalue weighted by atomic mass is 10.0. The van der Waals surface area contributed by atoms with Gasteiger partial charge in [0.2, 0.25) is 0 Å². The highest BCUT2D eigenvalue weighted by molar-refractivity contribution is 8.00. The van der Waals surface area contributed by atoms with E-state index in [9.17, 15) is 4.79 Å². The number of thioether (sulfide) groups is 1. The van der Waals surface area contributed by atoms with E-state index in [4.69, 9.17) is 4.52 Å². The lowest BCUT2D eigenvalue weighted by molar-refractivity contribution is 0.0987. The normalized spacial score (nSPS) is 17.2. The van der Waals surface area contributed by atoms with Crippen LogP contribution in [-0.4, -0.2) is 27.8 Å². The van der Waals surface area contributed by atoms with Gasteiger partial charge in [0, 0.05) is 22.4 Å². The number of amides is 1. The molecule has 2 aromatic heterocycles. The molecule has 1 atom stereocenters. The lowest BCUT2D eigenvalue weighted by Crippen LogP contribution is -2.32. The fourth-order valence-corrected chi connectivity index (χ4v) is 4.53. The number of carbonyl (C=O) groups excluding carboxylic acids is 1. The second-order valence-electron chi connectivity index (χ2n) is 7.34. The molecule has 0 saturated heterocycles. The summed E-state index contributed by atoms with van der Waals surface area (Å²) in [6, 6.07) is 10.0. The van der Waals surface area contributed by atoms with E-state index >= 15 is 0 Å². The molecule has 1 aliphatic rings. The zero-order valence-electron chi connectivity index (χ0n) is 16.0. The molecule has 0 spiro atoms. The summed E-state index contributed by atoms with van der Waals surface area (Å²) in [4.78, 5) is 21.3. The molecule has 1 unspecified atom stereocenters. The van der Waals surface area contributed by atoms with E-state index in [1.165, 1.54) is 0 Å². The van der Waals surface area contributed by atoms with Crippen LogP contribution < -0.4 is 4.90 Å². The lowest BCUT2D eigenvalue weighted by Gasteiger charge is -2.23. The summed E-state index contributed by atoms with van der Waals surface area (Å²) >= 11 is 1.83. The molecule has 3 heterocycles. The van der Waals surface area contributed by atoms with Gasteiger partial charge in [-0.2, -0.15) is 0 Å². The number of rotatable bonds is 2. The third-order valence-corrected chi connectivity index (χ3v) is 6.18. The Bertz CT molecular complexity index is 1010. The molecular weight excluding hydrogens is 358 g/mol. The number of para-hydroxylation sites is 1. The molecule has 4 rings (SSSR count). The minimum atomic E-state index is -0.0160. The second-order valence-corrected chi connectivity index (χ2v) is 8.82. The van der Waals surface area contributed by atoms with Crippen molar-refractivity contribution in [2.24, 2.45) is 0 Å². The van der Waals surface area contributed by atoms with Crippen molar-refractivity contribution in [3.8, 4) is 0 Å². The molecule has 6 heteroatoms. The van der Waals surface area contributed by atoms with Crippen LogP contribution in [0.3, 0.4) is 0 Å². The van der Waals surface area contributed by atoms with Crippen LogP contribution in [0.25, 0.3) is 11.1 Å². The van der Waals surface area contributed by atoms with Gasteiger partial charge in [-0.15, -0.1) is 11.8 Å². The monoisotopic (exact) mass is 381 g/mol. The topological polar surface area (TPSA) is 59.2 Å². The zero-order valence-corrected chi connectivity index (χ0v) is 16.8. The number of hydrogen-bond donors (Lipinski definition) is 0. The van der Waals surface area contributed by atoms with Crippen molar-refractivity contribution in [3.63, 3.8) is 0 Å². The molecule has 1 amide bonds. The summed E-state index contributed by atoms with van der Waals surface area (Å²) in [5.41, 5.74) is 3.57. The molecular formula is C21H23N3O2S. The quantitative estimate of drug-likeness (QED) is 0.612. The summed E-state index contributed by atoms with van der Waals surface area (Å²) in [7, 11) is 0. The number of carbonyl (C=O) groups is 1. The minimum Gasteiger partial charge on any atom is -0.336 e. The molecule has 0 saturated carbocycles. The Morgan fingerprint density at radius 3 is 2.89 bits per heavy atom. The number of anilines is 1. The average molecular weight is 382 g/mol. The van der Waals surface area contributed by atoms with Gasteiger partial charge in [-0.25, -0.2) is 4.98 Å². The van der Waals surface area contributed by atoms with E-state index in [0.717, 1.165) is 22.7 Å². The number of pyridine rings is 1. The molecule has 0 fully saturated rings. The van der Waals surface area contributed by atoms with Gasteiger partial charge in [-0.3, -0.25) is 4.79 Å². The maximum atomic E-state index is 13.7. The number of benzene rings is 1. The Labute approximate surface area is 163 Å². The van der Waals surface area contributed by atoms with Gasteiger partial charge >= 0.3 is 0 Å². The van der Waals surface area contributed by atoms with E-state index in [1.54, 1.807) is 0 Å². The molecule has 0 aliphatic carbocycles. The summed E-state index contributed by atoms with van der Waals surface area (Å²) in [6.07, 6.45) is 0.943. The van der Waals surface area contributed by atoms with Crippen molar-refractivity contribution in [2.45, 2.75) is 50.2 Å². The zero-order chi connectivity index (χ0) is 19.1. The van der Waals surface area contributed by atoms with Crippen molar-refractivity contribution < 1.29 is 9.32 Å². The number of fused-ring (bicyclic) bond motifs is 2. The van der Waals surface area contributed by atoms with Crippen molar-refractivity contribution in [1.29, 1.82) is 0 Å². The van der Waals surface area contributed by atoms with Crippen LogP contribution in [0.1, 0.15) is 54.9 Å². The highest BCUT2D eigenvalue weighted by Gasteiger charge is 2.28. The van der Waals surface area contributed by atoms with Crippen LogP contribution in [0.5, 0.6) is 0 Å². The first-order valence-corrected chi connectivity index (χ1v) is 10.2. The van der Waals surface area contributed by atoms with Crippen molar-refractivity contribution >= 4 is 34.5 Å². The summed E-state index contributed by atoms with van der Waals surface area (Å²) in [5, 5.41) is 5.22. The van der Waals surface area contributed by atoms with E-state index in [0.29, 0.717) is 34.2 Å². The Balaban J connectivity index is 1.87. The molecule has 1 aliphatic heterocycles. The van der Waals surface area contributed by atoms with Crippen LogP contribution in [0, 0.1) is 6.92 Å². The first-order valence-electron chi connectivity index (χ1n) is 9.30. The number of hydrogen-bond acceptors (Lipinski definition) is 5. The highest BCUT2D eigenvalue weighted by Crippen LogP contribution is 2.38. The van der Waals surface area contributed by atoms with E-state index in [2.05, 4.69) is 37.0 Å². The van der Waals surface area contributed by atoms with Crippen LogP contribution in [0.15, 0.2) is 39.8 Å². The second kappa shape index (κ2) is 7.00. The summed E-state index contributed by atoms with van der Waals surface area (Å²) < 4.78 is 5.39. The van der Waals surface area contributed by atoms with Crippen LogP contribution in [0.4, 0.5) is 5.69 Å². The Hall–Kier alpha value is -2.34. The van der Waals surface area contributed by atoms with E-state index < -0.39 is 0 Å². The molecule has 0 bridgehead atoms. The largest absolute Gasteiger partial charge is 0.336 e. The summed E-state index contributed by atoms with van der Waals surface area (Å²) in [5.74, 6) is 0.177. The number of aryl methyl sites for hydroxylation is 1. The Morgan fingerprint density at radius 2 is 2.11 bits per heavy atom. The van der Waals surface area contributed by atoms with Crippen LogP contribution in [-0.2, 0) is 0 Å². The SMILES string of the molecule is Cc1noc2nc(C(C)C)cc(C(=O)N3CCC(C)Sc4ccccc43)c12. The molecule has 140 valence electrons. The molecule has 3 aromatic rings. The minimum absolute atomic E-state index is 0.0160. The van der Waals surface area contributed by atoms with Gasteiger partial charge in [-0.1, -0.05) is 38.1 Å². The molecule has 5 nitrogen and oxygen atoms in total. The standard InChI is InChI=1S/C21H23N3O2S/c1-12(2)16-11-15(19-14(4)23-26-20(19)22-16)21(25)24-10-9-13(3)27-18-8-6-5-7-17(18)24/h5-8,11-13H,9-10H2,1-4H3. The predicted octanol–water partition coefficient (Wildman–Crippen LogP) is 5.19.